The average Bonchev–Trinajstić information content (AvgIpc) is 2.70. The number of aryl methyl sites for hydroxylation is 2. The van der Waals surface area contributed by atoms with Crippen molar-refractivity contribution in [2.45, 2.75) is 105 Å². The highest BCUT2D eigenvalue weighted by Gasteiger charge is 2.42. The topological polar surface area (TPSA) is 131 Å². The number of nitrogens with one attached hydrogen (secondary N) is 2. The molecule has 0 radical (unpaired) electrons. The molecule has 0 fully saturated rings. The molecule has 0 aliphatic rings. The average molecular weight is 505 g/mol. The van der Waals surface area contributed by atoms with Gasteiger partial charge in [0.1, 0.15) is 17.7 Å². The summed E-state index contributed by atoms with van der Waals surface area (Å²) in [6.45, 7) is 16.8. The van der Waals surface area contributed by atoms with Crippen molar-refractivity contribution in [3.05, 3.63) is 34.9 Å². The molecular weight excluding hydrogens is 460 g/mol. The number of hydrogen-bond donors (Lipinski definition) is 3. The number of ether oxygens (including phenoxy) is 1. The van der Waals surface area contributed by atoms with Crippen LogP contribution in [0.1, 0.15) is 90.5 Å². The molecule has 0 saturated heterocycles. The third kappa shape index (κ3) is 9.51. The van der Waals surface area contributed by atoms with Crippen LogP contribution in [-0.2, 0) is 19.1 Å². The molecule has 0 aliphatic carbocycles. The second kappa shape index (κ2) is 12.7. The van der Waals surface area contributed by atoms with Crippen LogP contribution in [0.25, 0.3) is 0 Å². The van der Waals surface area contributed by atoms with Gasteiger partial charge in [0.05, 0.1) is 6.42 Å². The van der Waals surface area contributed by atoms with Crippen molar-refractivity contribution in [2.75, 3.05) is 6.54 Å². The number of nitrogens with two attached hydrogens (primary N) is 1. The molecule has 202 valence electrons. The molecule has 4 N–H and O–H groups in total. The number of primary amides is 1. The summed E-state index contributed by atoms with van der Waals surface area (Å²) in [4.78, 5) is 53.5. The first-order chi connectivity index (χ1) is 16.5. The standard InChI is InChI=1S/C27H44N4O5/c1-10-11-14-29-23(33)22(19-15-17(2)12-13-18(19)3)31(26(4,5)6)24(34)20(16-21(28)32)30-25(35)36-27(7,8)9/h12-13,15,20,22H,10-11,14,16H2,1-9H3,(H2,28,32)(H,29,33)(H,30,35). The van der Waals surface area contributed by atoms with Gasteiger partial charge in [-0.2, -0.15) is 0 Å². The van der Waals surface area contributed by atoms with Gasteiger partial charge in [-0.1, -0.05) is 37.1 Å². The molecule has 0 heterocycles. The number of carbonyl (C=O) groups excluding carboxylic acids is 4. The van der Waals surface area contributed by atoms with Crippen LogP contribution in [-0.4, -0.2) is 52.4 Å². The van der Waals surface area contributed by atoms with Crippen LogP contribution in [0.15, 0.2) is 18.2 Å². The van der Waals surface area contributed by atoms with Crippen LogP contribution in [0.2, 0.25) is 0 Å². The fourth-order valence-electron chi connectivity index (χ4n) is 3.80. The lowest BCUT2D eigenvalue weighted by atomic mass is 9.91. The lowest BCUT2D eigenvalue weighted by molar-refractivity contribution is -0.149. The quantitative estimate of drug-likeness (QED) is 0.419. The fourth-order valence-corrected chi connectivity index (χ4v) is 3.80. The number of amides is 4. The molecule has 0 spiro atoms. The Bertz CT molecular complexity index is 946. The molecule has 2 unspecified atom stereocenters. The van der Waals surface area contributed by atoms with Crippen LogP contribution in [0.4, 0.5) is 4.79 Å². The van der Waals surface area contributed by atoms with Crippen molar-refractivity contribution in [3.8, 4) is 0 Å². The first-order valence-electron chi connectivity index (χ1n) is 12.4. The summed E-state index contributed by atoms with van der Waals surface area (Å²) in [5.41, 5.74) is 6.21. The lowest BCUT2D eigenvalue weighted by Crippen LogP contribution is -2.59. The van der Waals surface area contributed by atoms with Crippen molar-refractivity contribution in [1.29, 1.82) is 0 Å². The first kappa shape index (κ1) is 30.9. The number of rotatable bonds is 10. The summed E-state index contributed by atoms with van der Waals surface area (Å²) >= 11 is 0. The second-order valence-corrected chi connectivity index (χ2v) is 11.2. The van der Waals surface area contributed by atoms with Gasteiger partial charge in [-0.3, -0.25) is 14.4 Å². The molecule has 0 aromatic heterocycles. The summed E-state index contributed by atoms with van der Waals surface area (Å²) in [5.74, 6) is -1.71. The maximum Gasteiger partial charge on any atom is 0.408 e. The first-order valence-corrected chi connectivity index (χ1v) is 12.4. The van der Waals surface area contributed by atoms with Crippen LogP contribution < -0.4 is 16.4 Å². The summed E-state index contributed by atoms with van der Waals surface area (Å²) in [5, 5.41) is 5.45. The van der Waals surface area contributed by atoms with Gasteiger partial charge in [0.2, 0.25) is 17.7 Å². The van der Waals surface area contributed by atoms with Crippen molar-refractivity contribution in [3.63, 3.8) is 0 Å². The van der Waals surface area contributed by atoms with E-state index in [2.05, 4.69) is 10.6 Å². The minimum Gasteiger partial charge on any atom is -0.444 e. The maximum absolute atomic E-state index is 14.0. The summed E-state index contributed by atoms with van der Waals surface area (Å²) in [6.07, 6.45) is 0.393. The van der Waals surface area contributed by atoms with E-state index in [1.54, 1.807) is 41.5 Å². The second-order valence-electron chi connectivity index (χ2n) is 11.2. The van der Waals surface area contributed by atoms with Crippen molar-refractivity contribution < 1.29 is 23.9 Å². The fraction of sp³-hybridized carbons (Fsp3) is 0.630. The van der Waals surface area contributed by atoms with E-state index in [4.69, 9.17) is 10.5 Å². The Morgan fingerprint density at radius 2 is 1.67 bits per heavy atom. The summed E-state index contributed by atoms with van der Waals surface area (Å²) < 4.78 is 5.31. The van der Waals surface area contributed by atoms with Gasteiger partial charge in [-0.25, -0.2) is 4.79 Å². The Morgan fingerprint density at radius 3 is 2.17 bits per heavy atom. The van der Waals surface area contributed by atoms with Gasteiger partial charge in [0, 0.05) is 12.1 Å². The number of alkyl carbamates (subject to hydrolysis) is 1. The maximum atomic E-state index is 14.0. The van der Waals surface area contributed by atoms with E-state index in [0.717, 1.165) is 24.0 Å². The highest BCUT2D eigenvalue weighted by Crippen LogP contribution is 2.32. The van der Waals surface area contributed by atoms with Crippen LogP contribution in [0, 0.1) is 13.8 Å². The predicted octanol–water partition coefficient (Wildman–Crippen LogP) is 3.66. The van der Waals surface area contributed by atoms with E-state index in [9.17, 15) is 19.2 Å². The van der Waals surface area contributed by atoms with Gasteiger partial charge < -0.3 is 26.0 Å². The van der Waals surface area contributed by atoms with E-state index < -0.39 is 47.6 Å². The van der Waals surface area contributed by atoms with Gasteiger partial charge in [-0.05, 0) is 72.9 Å². The SMILES string of the molecule is CCCCNC(=O)C(c1cc(C)ccc1C)N(C(=O)C(CC(N)=O)NC(=O)OC(C)(C)C)C(C)(C)C. The van der Waals surface area contributed by atoms with Crippen molar-refractivity contribution in [2.24, 2.45) is 5.73 Å². The normalized spacial score (nSPS) is 13.4. The third-order valence-electron chi connectivity index (χ3n) is 5.42. The van der Waals surface area contributed by atoms with E-state index in [1.807, 2.05) is 39.0 Å². The minimum atomic E-state index is -1.31. The monoisotopic (exact) mass is 504 g/mol. The number of unbranched alkanes of at least 4 members (excludes halogenated alkanes) is 1. The zero-order valence-electron chi connectivity index (χ0n) is 23.3. The van der Waals surface area contributed by atoms with E-state index in [1.165, 1.54) is 4.90 Å². The number of carbonyl (C=O) groups is 4. The van der Waals surface area contributed by atoms with Gasteiger partial charge in [-0.15, -0.1) is 0 Å². The highest BCUT2D eigenvalue weighted by molar-refractivity contribution is 5.95. The Morgan fingerprint density at radius 1 is 1.06 bits per heavy atom. The molecule has 36 heavy (non-hydrogen) atoms. The van der Waals surface area contributed by atoms with Crippen LogP contribution in [0.5, 0.6) is 0 Å². The van der Waals surface area contributed by atoms with Crippen molar-refractivity contribution in [1.82, 2.24) is 15.5 Å². The molecule has 4 amide bonds. The molecule has 9 nitrogen and oxygen atoms in total. The van der Waals surface area contributed by atoms with Gasteiger partial charge in [0.25, 0.3) is 0 Å². The zero-order chi connectivity index (χ0) is 27.8. The molecule has 2 atom stereocenters. The van der Waals surface area contributed by atoms with E-state index >= 15 is 0 Å². The molecular formula is C27H44N4O5. The van der Waals surface area contributed by atoms with Crippen molar-refractivity contribution >= 4 is 23.8 Å². The highest BCUT2D eigenvalue weighted by atomic mass is 16.6. The Labute approximate surface area is 215 Å². The molecule has 1 aromatic carbocycles. The molecule has 9 heteroatoms. The molecule has 0 aliphatic heterocycles. The van der Waals surface area contributed by atoms with E-state index in [-0.39, 0.29) is 5.91 Å². The molecule has 0 saturated carbocycles. The summed E-state index contributed by atoms with van der Waals surface area (Å²) in [6, 6.07) is 3.42. The lowest BCUT2D eigenvalue weighted by Gasteiger charge is -2.43. The predicted molar refractivity (Wildman–Crippen MR) is 140 cm³/mol. The third-order valence-corrected chi connectivity index (χ3v) is 5.42. The zero-order valence-corrected chi connectivity index (χ0v) is 23.3. The number of benzene rings is 1. The largest absolute Gasteiger partial charge is 0.444 e. The smallest absolute Gasteiger partial charge is 0.408 e. The molecule has 1 aromatic rings. The Kier molecular flexibility index (Phi) is 10.9. The van der Waals surface area contributed by atoms with Gasteiger partial charge in [0.15, 0.2) is 0 Å². The van der Waals surface area contributed by atoms with Crippen LogP contribution in [0.3, 0.4) is 0 Å². The Balaban J connectivity index is 3.62. The Hall–Kier alpha value is -3.10. The number of nitrogens with zero attached hydrogens (tertiary/aromatic N) is 1. The molecule has 0 bridgehead atoms. The summed E-state index contributed by atoms with van der Waals surface area (Å²) in [7, 11) is 0. The van der Waals surface area contributed by atoms with Crippen LogP contribution >= 0.6 is 0 Å². The minimum absolute atomic E-state index is 0.337. The molecule has 1 rings (SSSR count). The van der Waals surface area contributed by atoms with Gasteiger partial charge >= 0.3 is 6.09 Å². The van der Waals surface area contributed by atoms with E-state index in [0.29, 0.717) is 12.1 Å². The number of hydrogen-bond acceptors (Lipinski definition) is 5.